The fourth-order valence-electron chi connectivity index (χ4n) is 2.20. The molecule has 2 nitrogen and oxygen atoms in total. The molecule has 2 atom stereocenters. The number of cyclic esters (lactones) is 1. The van der Waals surface area contributed by atoms with Crippen molar-refractivity contribution < 1.29 is 9.53 Å². The Labute approximate surface area is 60.6 Å². The van der Waals surface area contributed by atoms with Gasteiger partial charge in [-0.1, -0.05) is 20.8 Å². The molecule has 0 aromatic carbocycles. The first-order valence-corrected chi connectivity index (χ1v) is 3.67. The zero-order valence-electron chi connectivity index (χ0n) is 6.60. The normalized spacial score (nSPS) is 48.3. The number of carbonyl (C=O) groups is 1. The highest BCUT2D eigenvalue weighted by Gasteiger charge is 2.76. The van der Waals surface area contributed by atoms with Crippen LogP contribution in [0.15, 0.2) is 0 Å². The minimum atomic E-state index is 0.00694. The first-order valence-electron chi connectivity index (χ1n) is 3.67. The van der Waals surface area contributed by atoms with E-state index >= 15 is 0 Å². The molecule has 0 amide bonds. The lowest BCUT2D eigenvalue weighted by atomic mass is 9.99. The SMILES string of the molecule is CC1(C)C2C(=O)OCC21C. The molecule has 1 saturated carbocycles. The average molecular weight is 140 g/mol. The summed E-state index contributed by atoms with van der Waals surface area (Å²) in [5.41, 5.74) is 0.354. The van der Waals surface area contributed by atoms with E-state index in [1.165, 1.54) is 0 Å². The lowest BCUT2D eigenvalue weighted by Gasteiger charge is -2.12. The van der Waals surface area contributed by atoms with Gasteiger partial charge in [0.1, 0.15) is 0 Å². The van der Waals surface area contributed by atoms with Crippen LogP contribution in [0.25, 0.3) is 0 Å². The Hall–Kier alpha value is -0.530. The maximum atomic E-state index is 11.0. The van der Waals surface area contributed by atoms with Crippen LogP contribution >= 0.6 is 0 Å². The van der Waals surface area contributed by atoms with Crippen LogP contribution in [0.4, 0.5) is 0 Å². The Bertz CT molecular complexity index is 207. The van der Waals surface area contributed by atoms with Gasteiger partial charge < -0.3 is 4.74 Å². The summed E-state index contributed by atoms with van der Waals surface area (Å²) in [5.74, 6) is 0.188. The molecular weight excluding hydrogens is 128 g/mol. The lowest BCUT2D eigenvalue weighted by molar-refractivity contribution is -0.142. The highest BCUT2D eigenvalue weighted by molar-refractivity contribution is 5.81. The van der Waals surface area contributed by atoms with E-state index in [0.29, 0.717) is 6.61 Å². The highest BCUT2D eigenvalue weighted by Crippen LogP contribution is 2.71. The summed E-state index contributed by atoms with van der Waals surface area (Å²) in [6.07, 6.45) is 0. The van der Waals surface area contributed by atoms with E-state index in [2.05, 4.69) is 20.8 Å². The summed E-state index contributed by atoms with van der Waals surface area (Å²) in [7, 11) is 0. The average Bonchev–Trinajstić information content (AvgIpc) is 2.16. The van der Waals surface area contributed by atoms with E-state index in [4.69, 9.17) is 4.74 Å². The molecule has 2 heteroatoms. The minimum Gasteiger partial charge on any atom is -0.465 e. The largest absolute Gasteiger partial charge is 0.465 e. The molecular formula is C8H12O2. The van der Waals surface area contributed by atoms with Gasteiger partial charge in [-0.3, -0.25) is 4.79 Å². The van der Waals surface area contributed by atoms with E-state index < -0.39 is 0 Å². The van der Waals surface area contributed by atoms with Crippen LogP contribution < -0.4 is 0 Å². The van der Waals surface area contributed by atoms with Crippen LogP contribution in [0, 0.1) is 16.7 Å². The first kappa shape index (κ1) is 6.20. The minimum absolute atomic E-state index is 0.00694. The molecule has 0 N–H and O–H groups in total. The van der Waals surface area contributed by atoms with Crippen LogP contribution in [-0.2, 0) is 9.53 Å². The van der Waals surface area contributed by atoms with E-state index in [1.807, 2.05) is 0 Å². The van der Waals surface area contributed by atoms with Gasteiger partial charge in [0.2, 0.25) is 0 Å². The van der Waals surface area contributed by atoms with Gasteiger partial charge in [0, 0.05) is 5.41 Å². The van der Waals surface area contributed by atoms with Crippen molar-refractivity contribution in [1.82, 2.24) is 0 Å². The van der Waals surface area contributed by atoms with Crippen LogP contribution in [0.5, 0.6) is 0 Å². The molecule has 1 aliphatic carbocycles. The van der Waals surface area contributed by atoms with Gasteiger partial charge in [0.05, 0.1) is 12.5 Å². The number of esters is 1. The second-order valence-corrected chi connectivity index (χ2v) is 4.18. The van der Waals surface area contributed by atoms with Crippen molar-refractivity contribution >= 4 is 5.97 Å². The Kier molecular flexibility index (Phi) is 0.773. The number of ether oxygens (including phenoxy) is 1. The third-order valence-corrected chi connectivity index (χ3v) is 3.50. The smallest absolute Gasteiger partial charge is 0.310 e. The molecule has 0 radical (unpaired) electrons. The van der Waals surface area contributed by atoms with Gasteiger partial charge in [-0.05, 0) is 5.41 Å². The van der Waals surface area contributed by atoms with Crippen LogP contribution in [0.3, 0.4) is 0 Å². The van der Waals surface area contributed by atoms with E-state index in [-0.39, 0.29) is 22.7 Å². The summed E-state index contributed by atoms with van der Waals surface area (Å²) in [5, 5.41) is 0. The third kappa shape index (κ3) is 0.386. The summed E-state index contributed by atoms with van der Waals surface area (Å²) in [4.78, 5) is 11.0. The standard InChI is InChI=1S/C8H12O2/c1-7(2)5-6(9)10-4-8(5,7)3/h5H,4H2,1-3H3. The lowest BCUT2D eigenvalue weighted by Crippen LogP contribution is -2.13. The molecule has 0 aromatic heterocycles. The quantitative estimate of drug-likeness (QED) is 0.473. The number of hydrogen-bond acceptors (Lipinski definition) is 2. The zero-order chi connectivity index (χ0) is 7.57. The summed E-state index contributed by atoms with van der Waals surface area (Å²) in [6, 6.07) is 0. The molecule has 1 aliphatic heterocycles. The predicted octanol–water partition coefficient (Wildman–Crippen LogP) is 1.21. The number of carbonyl (C=O) groups excluding carboxylic acids is 1. The van der Waals surface area contributed by atoms with Crippen molar-refractivity contribution in [2.45, 2.75) is 20.8 Å². The maximum absolute atomic E-state index is 11.0. The van der Waals surface area contributed by atoms with Gasteiger partial charge in [-0.25, -0.2) is 0 Å². The second kappa shape index (κ2) is 1.25. The Morgan fingerprint density at radius 1 is 1.50 bits per heavy atom. The molecule has 2 rings (SSSR count). The summed E-state index contributed by atoms with van der Waals surface area (Å²) in [6.45, 7) is 7.03. The molecule has 2 unspecified atom stereocenters. The van der Waals surface area contributed by atoms with Gasteiger partial charge in [-0.15, -0.1) is 0 Å². The zero-order valence-corrected chi connectivity index (χ0v) is 6.60. The van der Waals surface area contributed by atoms with Crippen LogP contribution in [0.1, 0.15) is 20.8 Å². The summed E-state index contributed by atoms with van der Waals surface area (Å²) >= 11 is 0. The summed E-state index contributed by atoms with van der Waals surface area (Å²) < 4.78 is 4.91. The number of hydrogen-bond donors (Lipinski definition) is 0. The second-order valence-electron chi connectivity index (χ2n) is 4.18. The number of fused-ring (bicyclic) bond motifs is 1. The van der Waals surface area contributed by atoms with E-state index in [0.717, 1.165) is 0 Å². The maximum Gasteiger partial charge on any atom is 0.310 e. The molecule has 0 spiro atoms. The van der Waals surface area contributed by atoms with Crippen molar-refractivity contribution in [3.63, 3.8) is 0 Å². The molecule has 10 heavy (non-hydrogen) atoms. The highest BCUT2D eigenvalue weighted by atomic mass is 16.5. The van der Waals surface area contributed by atoms with Crippen molar-refractivity contribution in [2.75, 3.05) is 6.61 Å². The van der Waals surface area contributed by atoms with Crippen LogP contribution in [-0.4, -0.2) is 12.6 Å². The third-order valence-electron chi connectivity index (χ3n) is 3.50. The molecule has 0 bridgehead atoms. The fourth-order valence-corrected chi connectivity index (χ4v) is 2.20. The van der Waals surface area contributed by atoms with Gasteiger partial charge in [0.15, 0.2) is 0 Å². The Balaban J connectivity index is 2.35. The van der Waals surface area contributed by atoms with E-state index in [1.54, 1.807) is 0 Å². The first-order chi connectivity index (χ1) is 4.50. The van der Waals surface area contributed by atoms with Crippen molar-refractivity contribution in [3.05, 3.63) is 0 Å². The van der Waals surface area contributed by atoms with Crippen molar-refractivity contribution in [3.8, 4) is 0 Å². The molecule has 0 aromatic rings. The molecule has 56 valence electrons. The number of rotatable bonds is 0. The van der Waals surface area contributed by atoms with Crippen molar-refractivity contribution in [2.24, 2.45) is 16.7 Å². The molecule has 1 heterocycles. The van der Waals surface area contributed by atoms with Crippen molar-refractivity contribution in [1.29, 1.82) is 0 Å². The molecule has 2 fully saturated rings. The fraction of sp³-hybridized carbons (Fsp3) is 0.875. The topological polar surface area (TPSA) is 26.3 Å². The Morgan fingerprint density at radius 3 is 2.30 bits per heavy atom. The Morgan fingerprint density at radius 2 is 2.10 bits per heavy atom. The molecule has 1 saturated heterocycles. The van der Waals surface area contributed by atoms with E-state index in [9.17, 15) is 4.79 Å². The van der Waals surface area contributed by atoms with Gasteiger partial charge in [0.25, 0.3) is 0 Å². The molecule has 2 aliphatic rings. The monoisotopic (exact) mass is 140 g/mol. The van der Waals surface area contributed by atoms with Crippen LogP contribution in [0.2, 0.25) is 0 Å². The van der Waals surface area contributed by atoms with Gasteiger partial charge >= 0.3 is 5.97 Å². The predicted molar refractivity (Wildman–Crippen MR) is 36.3 cm³/mol. The van der Waals surface area contributed by atoms with Gasteiger partial charge in [-0.2, -0.15) is 0 Å².